The summed E-state index contributed by atoms with van der Waals surface area (Å²) >= 11 is 1.71. The van der Waals surface area contributed by atoms with E-state index in [-0.39, 0.29) is 11.4 Å². The summed E-state index contributed by atoms with van der Waals surface area (Å²) in [6.07, 6.45) is 2.68. The Morgan fingerprint density at radius 2 is 1.89 bits per heavy atom. The van der Waals surface area contributed by atoms with E-state index in [1.54, 1.807) is 11.3 Å². The highest BCUT2D eigenvalue weighted by atomic mass is 32.1. The molecule has 4 heteroatoms. The SMILES string of the molecule is CC(C)(C)NCc1cnc(Cc2ccc(F)cc2)s1. The average Bonchev–Trinajstić information content (AvgIpc) is 2.77. The van der Waals surface area contributed by atoms with Crippen molar-refractivity contribution in [3.05, 3.63) is 51.7 Å². The maximum absolute atomic E-state index is 12.8. The molecule has 0 spiro atoms. The van der Waals surface area contributed by atoms with Gasteiger partial charge in [0.2, 0.25) is 0 Å². The van der Waals surface area contributed by atoms with Crippen LogP contribution in [0.25, 0.3) is 0 Å². The molecule has 0 radical (unpaired) electrons. The summed E-state index contributed by atoms with van der Waals surface area (Å²) in [5, 5.41) is 4.51. The van der Waals surface area contributed by atoms with Crippen LogP contribution in [0.15, 0.2) is 30.5 Å². The molecule has 1 heterocycles. The van der Waals surface area contributed by atoms with Gasteiger partial charge < -0.3 is 5.32 Å². The molecule has 0 fully saturated rings. The lowest BCUT2D eigenvalue weighted by molar-refractivity contribution is 0.426. The van der Waals surface area contributed by atoms with Crippen LogP contribution >= 0.6 is 11.3 Å². The summed E-state index contributed by atoms with van der Waals surface area (Å²) in [5.74, 6) is -0.196. The Morgan fingerprint density at radius 3 is 2.53 bits per heavy atom. The van der Waals surface area contributed by atoms with E-state index in [1.807, 2.05) is 18.3 Å². The minimum atomic E-state index is -0.196. The number of aromatic nitrogens is 1. The van der Waals surface area contributed by atoms with Crippen LogP contribution in [0.3, 0.4) is 0 Å². The molecule has 0 aliphatic carbocycles. The molecule has 2 nitrogen and oxygen atoms in total. The maximum Gasteiger partial charge on any atom is 0.123 e. The Bertz CT molecular complexity index is 526. The summed E-state index contributed by atoms with van der Waals surface area (Å²) in [4.78, 5) is 5.65. The first-order valence-corrected chi connectivity index (χ1v) is 7.17. The smallest absolute Gasteiger partial charge is 0.123 e. The summed E-state index contributed by atoms with van der Waals surface area (Å²) < 4.78 is 12.8. The van der Waals surface area contributed by atoms with E-state index < -0.39 is 0 Å². The van der Waals surface area contributed by atoms with Gasteiger partial charge in [-0.3, -0.25) is 0 Å². The highest BCUT2D eigenvalue weighted by Gasteiger charge is 2.10. The Labute approximate surface area is 117 Å². The standard InChI is InChI=1S/C15H19FN2S/c1-15(2,3)18-10-13-9-17-14(19-13)8-11-4-6-12(16)7-5-11/h4-7,9,18H,8,10H2,1-3H3. The highest BCUT2D eigenvalue weighted by molar-refractivity contribution is 7.11. The van der Waals surface area contributed by atoms with Gasteiger partial charge in [-0.15, -0.1) is 11.3 Å². The van der Waals surface area contributed by atoms with Crippen molar-refractivity contribution in [3.8, 4) is 0 Å². The molecule has 0 bridgehead atoms. The van der Waals surface area contributed by atoms with E-state index in [1.165, 1.54) is 17.0 Å². The maximum atomic E-state index is 12.8. The molecule has 0 saturated heterocycles. The first-order valence-electron chi connectivity index (χ1n) is 6.35. The van der Waals surface area contributed by atoms with Gasteiger partial charge in [-0.05, 0) is 38.5 Å². The molecule has 1 aromatic heterocycles. The van der Waals surface area contributed by atoms with E-state index in [0.717, 1.165) is 23.5 Å². The summed E-state index contributed by atoms with van der Waals surface area (Å²) in [5.41, 5.74) is 1.20. The third kappa shape index (κ3) is 4.73. The van der Waals surface area contributed by atoms with E-state index in [0.29, 0.717) is 0 Å². The monoisotopic (exact) mass is 278 g/mol. The second kappa shape index (κ2) is 5.80. The van der Waals surface area contributed by atoms with Crippen molar-refractivity contribution < 1.29 is 4.39 Å². The van der Waals surface area contributed by atoms with Crippen LogP contribution in [0.2, 0.25) is 0 Å². The van der Waals surface area contributed by atoms with Crippen molar-refractivity contribution in [2.45, 2.75) is 39.3 Å². The third-order valence-corrected chi connectivity index (χ3v) is 3.66. The van der Waals surface area contributed by atoms with Crippen molar-refractivity contribution in [3.63, 3.8) is 0 Å². The third-order valence-electron chi connectivity index (χ3n) is 2.66. The number of thiazole rings is 1. The minimum Gasteiger partial charge on any atom is -0.307 e. The Balaban J connectivity index is 1.95. The minimum absolute atomic E-state index is 0.112. The van der Waals surface area contributed by atoms with E-state index in [4.69, 9.17) is 0 Å². The fraction of sp³-hybridized carbons (Fsp3) is 0.400. The summed E-state index contributed by atoms with van der Waals surface area (Å²) in [6, 6.07) is 6.60. The van der Waals surface area contributed by atoms with E-state index in [2.05, 4.69) is 31.1 Å². The normalized spacial score (nSPS) is 11.8. The number of nitrogens with one attached hydrogen (secondary N) is 1. The van der Waals surface area contributed by atoms with Crippen molar-refractivity contribution in [2.24, 2.45) is 0 Å². The quantitative estimate of drug-likeness (QED) is 0.921. The molecule has 19 heavy (non-hydrogen) atoms. The molecule has 1 aromatic carbocycles. The molecule has 2 aromatic rings. The van der Waals surface area contributed by atoms with Crippen LogP contribution in [0, 0.1) is 5.82 Å². The zero-order valence-electron chi connectivity index (χ0n) is 11.5. The molecule has 0 amide bonds. The largest absolute Gasteiger partial charge is 0.307 e. The molecular weight excluding hydrogens is 259 g/mol. The molecule has 0 atom stereocenters. The average molecular weight is 278 g/mol. The highest BCUT2D eigenvalue weighted by Crippen LogP contribution is 2.17. The van der Waals surface area contributed by atoms with Crippen molar-refractivity contribution in [1.82, 2.24) is 10.3 Å². The van der Waals surface area contributed by atoms with Crippen molar-refractivity contribution in [1.29, 1.82) is 0 Å². The summed E-state index contributed by atoms with van der Waals surface area (Å²) in [6.45, 7) is 7.28. The van der Waals surface area contributed by atoms with E-state index in [9.17, 15) is 4.39 Å². The first kappa shape index (κ1) is 14.2. The zero-order chi connectivity index (χ0) is 13.9. The number of hydrogen-bond acceptors (Lipinski definition) is 3. The second-order valence-electron chi connectivity index (χ2n) is 5.63. The molecular formula is C15H19FN2S. The molecule has 0 aliphatic rings. The van der Waals surface area contributed by atoms with Crippen LogP contribution in [0.5, 0.6) is 0 Å². The van der Waals surface area contributed by atoms with Gasteiger partial charge in [0.15, 0.2) is 0 Å². The van der Waals surface area contributed by atoms with Crippen LogP contribution in [-0.4, -0.2) is 10.5 Å². The number of halogens is 1. The lowest BCUT2D eigenvalue weighted by Crippen LogP contribution is -2.34. The second-order valence-corrected chi connectivity index (χ2v) is 6.83. The molecule has 0 saturated carbocycles. The predicted octanol–water partition coefficient (Wildman–Crippen LogP) is 3.76. The summed E-state index contributed by atoms with van der Waals surface area (Å²) in [7, 11) is 0. The molecule has 0 aliphatic heterocycles. The van der Waals surface area contributed by atoms with Gasteiger partial charge in [0, 0.05) is 29.6 Å². The van der Waals surface area contributed by atoms with Gasteiger partial charge in [-0.2, -0.15) is 0 Å². The Hall–Kier alpha value is -1.26. The Morgan fingerprint density at radius 1 is 1.21 bits per heavy atom. The molecule has 0 unspecified atom stereocenters. The van der Waals surface area contributed by atoms with Gasteiger partial charge >= 0.3 is 0 Å². The first-order chi connectivity index (χ1) is 8.92. The molecule has 2 rings (SSSR count). The molecule has 1 N–H and O–H groups in total. The lowest BCUT2D eigenvalue weighted by Gasteiger charge is -2.19. The number of rotatable bonds is 4. The number of benzene rings is 1. The van der Waals surface area contributed by atoms with Crippen molar-refractivity contribution in [2.75, 3.05) is 0 Å². The van der Waals surface area contributed by atoms with Gasteiger partial charge in [-0.25, -0.2) is 9.37 Å². The predicted molar refractivity (Wildman–Crippen MR) is 77.9 cm³/mol. The lowest BCUT2D eigenvalue weighted by atomic mass is 10.1. The van der Waals surface area contributed by atoms with E-state index >= 15 is 0 Å². The number of hydrogen-bond donors (Lipinski definition) is 1. The Kier molecular flexibility index (Phi) is 4.32. The molecule has 102 valence electrons. The number of nitrogens with zero attached hydrogens (tertiary/aromatic N) is 1. The fourth-order valence-corrected chi connectivity index (χ4v) is 2.54. The van der Waals surface area contributed by atoms with Gasteiger partial charge in [0.05, 0.1) is 5.01 Å². The van der Waals surface area contributed by atoms with Crippen LogP contribution in [0.1, 0.15) is 36.2 Å². The topological polar surface area (TPSA) is 24.9 Å². The van der Waals surface area contributed by atoms with Crippen molar-refractivity contribution >= 4 is 11.3 Å². The van der Waals surface area contributed by atoms with Gasteiger partial charge in [-0.1, -0.05) is 12.1 Å². The van der Waals surface area contributed by atoms with Gasteiger partial charge in [0.1, 0.15) is 5.82 Å². The fourth-order valence-electron chi connectivity index (χ4n) is 1.64. The van der Waals surface area contributed by atoms with Crippen LogP contribution in [0.4, 0.5) is 4.39 Å². The van der Waals surface area contributed by atoms with Crippen LogP contribution in [-0.2, 0) is 13.0 Å². The zero-order valence-corrected chi connectivity index (χ0v) is 12.4. The van der Waals surface area contributed by atoms with Crippen LogP contribution < -0.4 is 5.32 Å². The van der Waals surface area contributed by atoms with Gasteiger partial charge in [0.25, 0.3) is 0 Å².